The Labute approximate surface area is 273 Å². The van der Waals surface area contributed by atoms with E-state index in [1.54, 1.807) is 7.11 Å². The molecular formula is C33H44N7O5P. The number of azo groups is 1. The monoisotopic (exact) mass is 649 g/mol. The van der Waals surface area contributed by atoms with Gasteiger partial charge in [0.2, 0.25) is 0 Å². The summed E-state index contributed by atoms with van der Waals surface area (Å²) < 4.78 is 20.3. The van der Waals surface area contributed by atoms with E-state index in [0.29, 0.717) is 31.1 Å². The lowest BCUT2D eigenvalue weighted by molar-refractivity contribution is -0.384. The van der Waals surface area contributed by atoms with Crippen LogP contribution in [0, 0.1) is 32.8 Å². The van der Waals surface area contributed by atoms with Gasteiger partial charge in [-0.15, -0.1) is 10.2 Å². The van der Waals surface area contributed by atoms with Gasteiger partial charge in [0.05, 0.1) is 48.8 Å². The van der Waals surface area contributed by atoms with Crippen LogP contribution >= 0.6 is 8.53 Å². The van der Waals surface area contributed by atoms with Gasteiger partial charge in [0.15, 0.2) is 0 Å². The molecule has 0 fully saturated rings. The van der Waals surface area contributed by atoms with Crippen LogP contribution in [0.25, 0.3) is 5.57 Å². The number of unbranched alkanes of at least 4 members (excludes halogenated alkanes) is 1. The van der Waals surface area contributed by atoms with Gasteiger partial charge in [0, 0.05) is 48.1 Å². The van der Waals surface area contributed by atoms with Crippen LogP contribution in [0.4, 0.5) is 22.7 Å². The first-order valence-corrected chi connectivity index (χ1v) is 16.5. The molecule has 3 rings (SSSR count). The number of ether oxygens (including phenoxy) is 1. The lowest BCUT2D eigenvalue weighted by Gasteiger charge is -2.43. The lowest BCUT2D eigenvalue weighted by atomic mass is 9.88. The molecule has 0 N–H and O–H groups in total. The van der Waals surface area contributed by atoms with E-state index in [-0.39, 0.29) is 34.6 Å². The molecule has 2 aromatic rings. The van der Waals surface area contributed by atoms with Crippen LogP contribution in [0.5, 0.6) is 5.75 Å². The fourth-order valence-corrected chi connectivity index (χ4v) is 7.12. The van der Waals surface area contributed by atoms with Crippen molar-refractivity contribution in [3.63, 3.8) is 0 Å². The molecule has 1 unspecified atom stereocenters. The van der Waals surface area contributed by atoms with Crippen molar-refractivity contribution in [1.82, 2.24) is 4.67 Å². The first-order valence-electron chi connectivity index (χ1n) is 15.4. The Bertz CT molecular complexity index is 1520. The Morgan fingerprint density at radius 3 is 2.33 bits per heavy atom. The van der Waals surface area contributed by atoms with Gasteiger partial charge < -0.3 is 18.7 Å². The fourth-order valence-electron chi connectivity index (χ4n) is 5.49. The maximum atomic E-state index is 11.1. The zero-order valence-electron chi connectivity index (χ0n) is 28.0. The van der Waals surface area contributed by atoms with E-state index < -0.39 is 13.4 Å². The Morgan fingerprint density at radius 2 is 1.72 bits per heavy atom. The summed E-state index contributed by atoms with van der Waals surface area (Å²) in [7, 11) is 0.293. The molecule has 0 aliphatic carbocycles. The second-order valence-electron chi connectivity index (χ2n) is 12.0. The molecule has 46 heavy (non-hydrogen) atoms. The molecule has 1 aliphatic heterocycles. The molecule has 1 heterocycles. The average molecular weight is 650 g/mol. The number of nitro groups is 1. The zero-order valence-corrected chi connectivity index (χ0v) is 28.9. The highest BCUT2D eigenvalue weighted by molar-refractivity contribution is 7.44. The molecule has 0 saturated carbocycles. The van der Waals surface area contributed by atoms with E-state index in [4.69, 9.17) is 19.0 Å². The number of non-ortho nitro benzene ring substituents is 1. The molecule has 12 nitrogen and oxygen atoms in total. The van der Waals surface area contributed by atoms with Crippen molar-refractivity contribution in [3.05, 3.63) is 57.6 Å². The summed E-state index contributed by atoms with van der Waals surface area (Å²) in [5.74, 6) is 0.518. The highest BCUT2D eigenvalue weighted by Crippen LogP contribution is 2.47. The smallest absolute Gasteiger partial charge is 0.270 e. The predicted molar refractivity (Wildman–Crippen MR) is 180 cm³/mol. The summed E-state index contributed by atoms with van der Waals surface area (Å²) in [6.45, 7) is 16.6. The lowest BCUT2D eigenvalue weighted by Crippen LogP contribution is -2.45. The standard InChI is InChI=1S/C33H44N7O5P/c1-23(2)39(24(3)4)46(45-17-11-14-34)44-16-10-9-15-38-31-20-32(43-8)30(19-28(31)25(5)21-33(38,6)7)37-36-29-13-12-27(40(41)42)18-26(29)22-35/h12-13,18-21,23-24H,9-11,15-17H2,1-8H3. The third-order valence-corrected chi connectivity index (χ3v) is 9.60. The number of benzene rings is 2. The molecule has 2 aromatic carbocycles. The van der Waals surface area contributed by atoms with Crippen LogP contribution in [0.3, 0.4) is 0 Å². The number of nitriles is 2. The number of fused-ring (bicyclic) bond motifs is 1. The number of nitro benzene ring substituents is 1. The quantitative estimate of drug-likeness (QED) is 0.0571. The topological polar surface area (TPSA) is 150 Å². The number of methoxy groups -OCH3 is 1. The van der Waals surface area contributed by atoms with Gasteiger partial charge in [-0.1, -0.05) is 6.08 Å². The summed E-state index contributed by atoms with van der Waals surface area (Å²) in [5.41, 5.74) is 3.43. The highest BCUT2D eigenvalue weighted by Gasteiger charge is 2.32. The maximum absolute atomic E-state index is 11.1. The highest BCUT2D eigenvalue weighted by atomic mass is 31.2. The van der Waals surface area contributed by atoms with Crippen molar-refractivity contribution in [2.45, 2.75) is 85.4 Å². The van der Waals surface area contributed by atoms with Crippen molar-refractivity contribution in [2.75, 3.05) is 31.8 Å². The van der Waals surface area contributed by atoms with E-state index in [1.165, 1.54) is 18.2 Å². The second kappa shape index (κ2) is 16.6. The predicted octanol–water partition coefficient (Wildman–Crippen LogP) is 8.97. The summed E-state index contributed by atoms with van der Waals surface area (Å²) >= 11 is 0. The van der Waals surface area contributed by atoms with Crippen LogP contribution in [0.1, 0.15) is 78.9 Å². The van der Waals surface area contributed by atoms with E-state index in [0.717, 1.165) is 36.2 Å². The number of allylic oxidation sites excluding steroid dienone is 1. The molecule has 0 spiro atoms. The van der Waals surface area contributed by atoms with E-state index in [2.05, 4.69) is 80.4 Å². The average Bonchev–Trinajstić information content (AvgIpc) is 2.99. The first kappa shape index (κ1) is 36.5. The molecule has 13 heteroatoms. The minimum Gasteiger partial charge on any atom is -0.494 e. The largest absolute Gasteiger partial charge is 0.494 e. The third kappa shape index (κ3) is 9.08. The molecule has 1 aliphatic rings. The number of hydrogen-bond acceptors (Lipinski definition) is 11. The minimum atomic E-state index is -1.28. The maximum Gasteiger partial charge on any atom is 0.270 e. The number of hydrogen-bond donors (Lipinski definition) is 0. The van der Waals surface area contributed by atoms with Crippen LogP contribution in [0.15, 0.2) is 46.6 Å². The van der Waals surface area contributed by atoms with Crippen LogP contribution in [-0.2, 0) is 9.05 Å². The minimum absolute atomic E-state index is 0.0604. The summed E-state index contributed by atoms with van der Waals surface area (Å²) in [5, 5.41) is 38.2. The van der Waals surface area contributed by atoms with Crippen LogP contribution < -0.4 is 9.64 Å². The second-order valence-corrected chi connectivity index (χ2v) is 13.5. The van der Waals surface area contributed by atoms with Crippen molar-refractivity contribution in [3.8, 4) is 17.9 Å². The molecule has 0 saturated heterocycles. The molecule has 1 atom stereocenters. The molecule has 0 bridgehead atoms. The third-order valence-electron chi connectivity index (χ3n) is 7.50. The Kier molecular flexibility index (Phi) is 13.2. The molecule has 0 aromatic heterocycles. The van der Waals surface area contributed by atoms with Crippen LogP contribution in [-0.4, -0.2) is 54.1 Å². The van der Waals surface area contributed by atoms with Crippen LogP contribution in [0.2, 0.25) is 0 Å². The Balaban J connectivity index is 1.79. The van der Waals surface area contributed by atoms with Gasteiger partial charge in [0.1, 0.15) is 23.2 Å². The Hall–Kier alpha value is -3.93. The molecule has 0 amide bonds. The molecule has 246 valence electrons. The fraction of sp³-hybridized carbons (Fsp3) is 0.515. The van der Waals surface area contributed by atoms with Crippen molar-refractivity contribution in [1.29, 1.82) is 10.5 Å². The zero-order chi connectivity index (χ0) is 34.0. The van der Waals surface area contributed by atoms with Gasteiger partial charge in [-0.25, -0.2) is 4.67 Å². The van der Waals surface area contributed by atoms with Gasteiger partial charge in [-0.2, -0.15) is 10.5 Å². The first-order chi connectivity index (χ1) is 21.8. The summed E-state index contributed by atoms with van der Waals surface area (Å²) in [4.78, 5) is 12.9. The van der Waals surface area contributed by atoms with E-state index in [9.17, 15) is 15.4 Å². The number of rotatable bonds is 16. The van der Waals surface area contributed by atoms with Gasteiger partial charge in [0.25, 0.3) is 14.2 Å². The number of nitrogens with zero attached hydrogens (tertiary/aromatic N) is 7. The van der Waals surface area contributed by atoms with Gasteiger partial charge in [-0.05, 0) is 79.0 Å². The van der Waals surface area contributed by atoms with E-state index in [1.807, 2.05) is 18.2 Å². The normalized spacial score (nSPS) is 14.7. The van der Waals surface area contributed by atoms with E-state index >= 15 is 0 Å². The SMILES string of the molecule is COc1cc2c(cc1N=Nc1ccc([N+](=O)[O-])cc1C#N)C(C)=CC(C)(C)N2CCCCOP(OCCC#N)N(C(C)C)C(C)C. The Morgan fingerprint density at radius 1 is 1.04 bits per heavy atom. The van der Waals surface area contributed by atoms with Gasteiger partial charge in [-0.3, -0.25) is 10.1 Å². The number of anilines is 1. The summed E-state index contributed by atoms with van der Waals surface area (Å²) in [6, 6.07) is 12.4. The molecular weight excluding hydrogens is 605 g/mol. The summed E-state index contributed by atoms with van der Waals surface area (Å²) in [6.07, 6.45) is 4.26. The molecule has 0 radical (unpaired) electrons. The van der Waals surface area contributed by atoms with Crippen molar-refractivity contribution >= 4 is 36.8 Å². The van der Waals surface area contributed by atoms with Gasteiger partial charge >= 0.3 is 0 Å². The van der Waals surface area contributed by atoms with Crippen molar-refractivity contribution in [2.24, 2.45) is 10.2 Å². The van der Waals surface area contributed by atoms with Crippen molar-refractivity contribution < 1.29 is 18.7 Å².